The van der Waals surface area contributed by atoms with Crippen LogP contribution in [0.4, 0.5) is 5.82 Å². The highest BCUT2D eigenvalue weighted by Gasteiger charge is 2.67. The van der Waals surface area contributed by atoms with Crippen LogP contribution in [0.5, 0.6) is 0 Å². The van der Waals surface area contributed by atoms with Crippen molar-refractivity contribution in [2.45, 2.75) is 96.2 Å². The summed E-state index contributed by atoms with van der Waals surface area (Å²) in [6.45, 7) is 9.03. The van der Waals surface area contributed by atoms with E-state index >= 15 is 0 Å². The smallest absolute Gasteiger partial charge is 0.263 e. The average molecular weight is 604 g/mol. The van der Waals surface area contributed by atoms with Crippen molar-refractivity contribution < 1.29 is 17.9 Å². The fourth-order valence-electron chi connectivity index (χ4n) is 6.57. The van der Waals surface area contributed by atoms with Gasteiger partial charge in [0.1, 0.15) is 11.4 Å². The first-order chi connectivity index (χ1) is 20.6. The number of unbranched alkanes of at least 4 members (excludes halogenated alkanes) is 1. The molecule has 2 aromatic carbocycles. The molecule has 0 bridgehead atoms. The number of amidine groups is 1. The topological polar surface area (TPSA) is 117 Å². The summed E-state index contributed by atoms with van der Waals surface area (Å²) in [6.07, 6.45) is 7.05. The quantitative estimate of drug-likeness (QED) is 0.253. The Morgan fingerprint density at radius 1 is 1.07 bits per heavy atom. The molecule has 1 aromatic heterocycles. The van der Waals surface area contributed by atoms with Gasteiger partial charge in [-0.05, 0) is 81.0 Å². The number of carbonyl (C=O) groups is 1. The highest BCUT2D eigenvalue weighted by Crippen LogP contribution is 2.67. The number of aliphatic imine (C=N–C) groups is 1. The Kier molecular flexibility index (Phi) is 7.71. The third-order valence-electron chi connectivity index (χ3n) is 9.27. The van der Waals surface area contributed by atoms with Gasteiger partial charge in [-0.3, -0.25) is 24.5 Å². The molecule has 0 saturated heterocycles. The number of rotatable bonds is 12. The average Bonchev–Trinajstić information content (AvgIpc) is 3.65. The van der Waals surface area contributed by atoms with E-state index in [0.717, 1.165) is 65.9 Å². The second kappa shape index (κ2) is 11.2. The summed E-state index contributed by atoms with van der Waals surface area (Å²) in [7, 11) is -3.95. The number of amides is 1. The van der Waals surface area contributed by atoms with Crippen LogP contribution in [0.25, 0.3) is 11.1 Å². The van der Waals surface area contributed by atoms with Gasteiger partial charge in [-0.2, -0.15) is 5.10 Å². The van der Waals surface area contributed by atoms with Gasteiger partial charge in [0.2, 0.25) is 0 Å². The maximum atomic E-state index is 13.8. The lowest BCUT2D eigenvalue weighted by molar-refractivity contribution is -0.137. The highest BCUT2D eigenvalue weighted by atomic mass is 32.2. The van der Waals surface area contributed by atoms with Crippen molar-refractivity contribution in [2.75, 3.05) is 11.3 Å². The minimum atomic E-state index is -3.95. The van der Waals surface area contributed by atoms with E-state index in [2.05, 4.69) is 21.8 Å². The SMILES string of the molecule is CCCCC1=NC2(CC3(CC3)C2)C(=O)N1Cc1ccc(-c2ccccc2S(=O)(=O)Nc2n[nH]c(C)c2C)c(COCC)c1. The van der Waals surface area contributed by atoms with Gasteiger partial charge >= 0.3 is 0 Å². The predicted octanol–water partition coefficient (Wildman–Crippen LogP) is 6.27. The van der Waals surface area contributed by atoms with Crippen molar-refractivity contribution in [1.29, 1.82) is 0 Å². The Labute approximate surface area is 254 Å². The number of ether oxygens (including phenoxy) is 1. The Morgan fingerprint density at radius 3 is 2.51 bits per heavy atom. The number of anilines is 1. The number of benzene rings is 2. The van der Waals surface area contributed by atoms with Gasteiger partial charge in [0.25, 0.3) is 15.9 Å². The number of carbonyl (C=O) groups excluding carboxylic acids is 1. The minimum absolute atomic E-state index is 0.137. The molecule has 2 fully saturated rings. The molecule has 228 valence electrons. The van der Waals surface area contributed by atoms with Gasteiger partial charge in [-0.25, -0.2) is 8.42 Å². The number of H-pyrrole nitrogens is 1. The van der Waals surface area contributed by atoms with E-state index in [1.807, 2.05) is 56.0 Å². The Hall–Kier alpha value is -3.50. The van der Waals surface area contributed by atoms with Crippen LogP contribution in [0.15, 0.2) is 52.4 Å². The molecule has 2 spiro atoms. The normalized spacial score (nSPS) is 18.3. The third kappa shape index (κ3) is 5.51. The molecule has 0 radical (unpaired) electrons. The molecule has 6 rings (SSSR count). The zero-order valence-corrected chi connectivity index (χ0v) is 26.3. The lowest BCUT2D eigenvalue weighted by Crippen LogP contribution is -2.51. The van der Waals surface area contributed by atoms with Gasteiger partial charge in [0.15, 0.2) is 5.82 Å². The van der Waals surface area contributed by atoms with Crippen LogP contribution in [0.3, 0.4) is 0 Å². The molecule has 10 heteroatoms. The molecule has 0 atom stereocenters. The number of aromatic amines is 1. The largest absolute Gasteiger partial charge is 0.377 e. The molecule has 43 heavy (non-hydrogen) atoms. The zero-order valence-electron chi connectivity index (χ0n) is 25.5. The second-order valence-corrected chi connectivity index (χ2v) is 14.1. The first kappa shape index (κ1) is 29.6. The fourth-order valence-corrected chi connectivity index (χ4v) is 7.86. The summed E-state index contributed by atoms with van der Waals surface area (Å²) in [6, 6.07) is 13.0. The number of hydrogen-bond acceptors (Lipinski definition) is 6. The molecule has 1 aliphatic heterocycles. The maximum absolute atomic E-state index is 13.8. The molecule has 0 unspecified atom stereocenters. The van der Waals surface area contributed by atoms with Crippen LogP contribution < -0.4 is 4.72 Å². The fraction of sp³-hybridized carbons (Fsp3) is 0.485. The van der Waals surface area contributed by atoms with E-state index in [1.54, 1.807) is 12.1 Å². The predicted molar refractivity (Wildman–Crippen MR) is 167 cm³/mol. The van der Waals surface area contributed by atoms with E-state index in [0.29, 0.717) is 30.7 Å². The molecular formula is C33H41N5O4S. The van der Waals surface area contributed by atoms with E-state index in [-0.39, 0.29) is 16.6 Å². The van der Waals surface area contributed by atoms with E-state index in [4.69, 9.17) is 9.73 Å². The number of sulfonamides is 1. The number of nitrogens with one attached hydrogen (secondary N) is 2. The standard InChI is InChI=1S/C33H41N5O4S/c1-5-7-12-29-34-33(20-32(21-33)15-16-32)31(39)38(29)18-24-13-14-26(25(17-24)19-42-6-2)27-10-8-9-11-28(27)43(40,41)37-30-22(3)23(4)35-36-30/h8-11,13-14,17H,5-7,12,15-16,18-21H2,1-4H3,(H2,35,36,37). The number of aromatic nitrogens is 2. The Morgan fingerprint density at radius 2 is 1.84 bits per heavy atom. The monoisotopic (exact) mass is 603 g/mol. The maximum Gasteiger partial charge on any atom is 0.263 e. The van der Waals surface area contributed by atoms with Crippen LogP contribution in [-0.2, 0) is 32.7 Å². The zero-order chi connectivity index (χ0) is 30.4. The summed E-state index contributed by atoms with van der Waals surface area (Å²) >= 11 is 0. The van der Waals surface area contributed by atoms with E-state index in [1.165, 1.54) is 12.8 Å². The lowest BCUT2D eigenvalue weighted by Gasteiger charge is -2.42. The molecule has 3 aromatic rings. The van der Waals surface area contributed by atoms with Gasteiger partial charge < -0.3 is 4.74 Å². The molecule has 2 heterocycles. The van der Waals surface area contributed by atoms with Crippen molar-refractivity contribution in [1.82, 2.24) is 15.1 Å². The summed E-state index contributed by atoms with van der Waals surface area (Å²) in [5, 5.41) is 6.96. The lowest BCUT2D eigenvalue weighted by atomic mass is 9.65. The molecule has 9 nitrogen and oxygen atoms in total. The number of nitrogens with zero attached hydrogens (tertiary/aromatic N) is 3. The summed E-state index contributed by atoms with van der Waals surface area (Å²) in [5.74, 6) is 1.33. The Balaban J connectivity index is 1.31. The summed E-state index contributed by atoms with van der Waals surface area (Å²) in [5.41, 5.74) is 4.54. The summed E-state index contributed by atoms with van der Waals surface area (Å²) in [4.78, 5) is 20.9. The van der Waals surface area contributed by atoms with Gasteiger partial charge in [0.05, 0.1) is 18.0 Å². The van der Waals surface area contributed by atoms with Gasteiger partial charge in [-0.15, -0.1) is 0 Å². The molecule has 2 aliphatic carbocycles. The molecule has 1 amide bonds. The minimum Gasteiger partial charge on any atom is -0.377 e. The van der Waals surface area contributed by atoms with Gasteiger partial charge in [-0.1, -0.05) is 49.7 Å². The van der Waals surface area contributed by atoms with Crippen LogP contribution in [-0.4, -0.2) is 47.4 Å². The van der Waals surface area contributed by atoms with E-state index in [9.17, 15) is 13.2 Å². The number of aryl methyl sites for hydroxylation is 1. The molecule has 2 N–H and O–H groups in total. The second-order valence-electron chi connectivity index (χ2n) is 12.5. The van der Waals surface area contributed by atoms with Crippen LogP contribution in [0.1, 0.15) is 81.2 Å². The molecule has 3 aliphatic rings. The van der Waals surface area contributed by atoms with Crippen LogP contribution >= 0.6 is 0 Å². The van der Waals surface area contributed by atoms with Crippen molar-refractivity contribution in [3.05, 3.63) is 64.8 Å². The molecule has 2 saturated carbocycles. The summed E-state index contributed by atoms with van der Waals surface area (Å²) < 4.78 is 35.8. The van der Waals surface area contributed by atoms with Crippen LogP contribution in [0.2, 0.25) is 0 Å². The van der Waals surface area contributed by atoms with Gasteiger partial charge in [0, 0.05) is 29.8 Å². The first-order valence-corrected chi connectivity index (χ1v) is 16.8. The first-order valence-electron chi connectivity index (χ1n) is 15.3. The Bertz CT molecular complexity index is 1680. The van der Waals surface area contributed by atoms with Crippen molar-refractivity contribution in [3.8, 4) is 11.1 Å². The third-order valence-corrected chi connectivity index (χ3v) is 10.7. The van der Waals surface area contributed by atoms with E-state index < -0.39 is 15.6 Å². The van der Waals surface area contributed by atoms with Crippen molar-refractivity contribution >= 4 is 27.6 Å². The highest BCUT2D eigenvalue weighted by molar-refractivity contribution is 7.92. The number of hydrogen-bond donors (Lipinski definition) is 2. The van der Waals surface area contributed by atoms with Crippen molar-refractivity contribution in [2.24, 2.45) is 10.4 Å². The van der Waals surface area contributed by atoms with Crippen LogP contribution in [0, 0.1) is 19.3 Å². The van der Waals surface area contributed by atoms with Crippen molar-refractivity contribution in [3.63, 3.8) is 0 Å². The molecular weight excluding hydrogens is 562 g/mol.